The molecule has 0 saturated heterocycles. The third kappa shape index (κ3) is 2.11. The number of methoxy groups -OCH3 is 1. The van der Waals surface area contributed by atoms with Gasteiger partial charge in [-0.05, 0) is 60.6 Å². The summed E-state index contributed by atoms with van der Waals surface area (Å²) in [5.74, 6) is 2.33. The highest BCUT2D eigenvalue weighted by Crippen LogP contribution is 2.64. The van der Waals surface area contributed by atoms with Crippen molar-refractivity contribution >= 4 is 11.7 Å². The molecular weight excluding hydrogens is 326 g/mol. The van der Waals surface area contributed by atoms with Crippen molar-refractivity contribution in [3.8, 4) is 5.75 Å². The van der Waals surface area contributed by atoms with E-state index in [-0.39, 0.29) is 6.04 Å². The first-order valence-corrected chi connectivity index (χ1v) is 9.44. The van der Waals surface area contributed by atoms with Crippen LogP contribution >= 0.6 is 0 Å². The summed E-state index contributed by atoms with van der Waals surface area (Å²) in [6.45, 7) is 0. The number of hydrogen-bond acceptors (Lipinski definition) is 3. The number of aromatic carboxylic acids is 1. The van der Waals surface area contributed by atoms with Crippen molar-refractivity contribution in [2.75, 3.05) is 12.4 Å². The SMILES string of the molecule is COc1ccccc1C1Nc2c(C(=O)O)cccc2C2C3CCC(C3)C12. The van der Waals surface area contributed by atoms with E-state index in [0.717, 1.165) is 17.0 Å². The van der Waals surface area contributed by atoms with Crippen LogP contribution in [0, 0.1) is 17.8 Å². The molecule has 5 unspecified atom stereocenters. The minimum Gasteiger partial charge on any atom is -0.496 e. The minimum absolute atomic E-state index is 0.0967. The Kier molecular flexibility index (Phi) is 3.49. The average Bonchev–Trinajstić information content (AvgIpc) is 3.29. The molecule has 2 aromatic rings. The van der Waals surface area contributed by atoms with Gasteiger partial charge in [0.1, 0.15) is 5.75 Å². The summed E-state index contributed by atoms with van der Waals surface area (Å²) in [5.41, 5.74) is 3.53. The largest absolute Gasteiger partial charge is 0.496 e. The van der Waals surface area contributed by atoms with Crippen LogP contribution in [0.15, 0.2) is 42.5 Å². The summed E-state index contributed by atoms with van der Waals surface area (Å²) in [7, 11) is 1.70. The van der Waals surface area contributed by atoms with Crippen LogP contribution in [0.4, 0.5) is 5.69 Å². The number of nitrogens with one attached hydrogen (secondary N) is 1. The van der Waals surface area contributed by atoms with Gasteiger partial charge in [0, 0.05) is 5.56 Å². The van der Waals surface area contributed by atoms with E-state index >= 15 is 0 Å². The van der Waals surface area contributed by atoms with Gasteiger partial charge in [-0.1, -0.05) is 30.3 Å². The molecule has 2 saturated carbocycles. The molecule has 1 aliphatic heterocycles. The van der Waals surface area contributed by atoms with Crippen LogP contribution in [0.25, 0.3) is 0 Å². The number of carboxylic acids is 1. The predicted molar refractivity (Wildman–Crippen MR) is 99.8 cm³/mol. The van der Waals surface area contributed by atoms with Crippen molar-refractivity contribution in [2.45, 2.75) is 31.2 Å². The van der Waals surface area contributed by atoms with E-state index < -0.39 is 5.97 Å². The number of para-hydroxylation sites is 2. The zero-order valence-electron chi connectivity index (χ0n) is 14.8. The van der Waals surface area contributed by atoms with Crippen molar-refractivity contribution in [2.24, 2.45) is 17.8 Å². The van der Waals surface area contributed by atoms with Crippen LogP contribution in [0.2, 0.25) is 0 Å². The number of carboxylic acid groups (broad SMARTS) is 1. The number of carbonyl (C=O) groups is 1. The van der Waals surface area contributed by atoms with Crippen LogP contribution < -0.4 is 10.1 Å². The van der Waals surface area contributed by atoms with Crippen molar-refractivity contribution in [1.29, 1.82) is 0 Å². The number of rotatable bonds is 3. The summed E-state index contributed by atoms with van der Waals surface area (Å²) in [6.07, 6.45) is 3.81. The zero-order chi connectivity index (χ0) is 17.8. The molecule has 1 heterocycles. The summed E-state index contributed by atoms with van der Waals surface area (Å²) in [5, 5.41) is 13.3. The normalized spacial score (nSPS) is 31.0. The summed E-state index contributed by atoms with van der Waals surface area (Å²) in [6, 6.07) is 14.0. The molecule has 26 heavy (non-hydrogen) atoms. The smallest absolute Gasteiger partial charge is 0.337 e. The third-order valence-corrected chi connectivity index (χ3v) is 6.83. The van der Waals surface area contributed by atoms with Crippen molar-refractivity contribution < 1.29 is 14.6 Å². The highest BCUT2D eigenvalue weighted by Gasteiger charge is 2.54. The van der Waals surface area contributed by atoms with E-state index in [1.54, 1.807) is 13.2 Å². The maximum Gasteiger partial charge on any atom is 0.337 e. The van der Waals surface area contributed by atoms with Gasteiger partial charge in [-0.3, -0.25) is 0 Å². The lowest BCUT2D eigenvalue weighted by Gasteiger charge is -2.44. The Bertz CT molecular complexity index is 877. The number of ether oxygens (including phenoxy) is 1. The van der Waals surface area contributed by atoms with Gasteiger partial charge in [0.2, 0.25) is 0 Å². The molecule has 3 aliphatic rings. The molecule has 4 nitrogen and oxygen atoms in total. The van der Waals surface area contributed by atoms with Gasteiger partial charge in [-0.25, -0.2) is 4.79 Å². The second-order valence-corrected chi connectivity index (χ2v) is 7.88. The lowest BCUT2D eigenvalue weighted by molar-refractivity contribution is 0.0697. The van der Waals surface area contributed by atoms with Gasteiger partial charge in [0.25, 0.3) is 0 Å². The van der Waals surface area contributed by atoms with Gasteiger partial charge < -0.3 is 15.2 Å². The Morgan fingerprint density at radius 3 is 2.65 bits per heavy atom. The standard InChI is InChI=1S/C22H23NO3/c1-26-17-8-3-2-5-14(17)21-19-13-10-9-12(11-13)18(19)15-6-4-7-16(22(24)25)20(15)23-21/h2-8,12-13,18-19,21,23H,9-11H2,1H3,(H,24,25). The molecule has 5 atom stereocenters. The topological polar surface area (TPSA) is 58.6 Å². The first-order valence-electron chi connectivity index (χ1n) is 9.44. The van der Waals surface area contributed by atoms with Crippen LogP contribution in [-0.2, 0) is 0 Å². The van der Waals surface area contributed by atoms with E-state index in [1.165, 1.54) is 24.8 Å². The number of hydrogen-bond donors (Lipinski definition) is 2. The Morgan fingerprint density at radius 2 is 1.85 bits per heavy atom. The second-order valence-electron chi connectivity index (χ2n) is 7.88. The molecular formula is C22H23NO3. The molecule has 4 heteroatoms. The monoisotopic (exact) mass is 349 g/mol. The summed E-state index contributed by atoms with van der Waals surface area (Å²) < 4.78 is 5.64. The van der Waals surface area contributed by atoms with E-state index in [1.807, 2.05) is 24.3 Å². The van der Waals surface area contributed by atoms with Crippen LogP contribution in [0.1, 0.15) is 52.7 Å². The molecule has 2 fully saturated rings. The second kappa shape index (κ2) is 5.76. The summed E-state index contributed by atoms with van der Waals surface area (Å²) >= 11 is 0. The van der Waals surface area contributed by atoms with Gasteiger partial charge in [0.05, 0.1) is 24.4 Å². The fourth-order valence-electron chi connectivity index (χ4n) is 5.92. The Balaban J connectivity index is 1.69. The minimum atomic E-state index is -0.866. The molecule has 2 N–H and O–H groups in total. The third-order valence-electron chi connectivity index (χ3n) is 6.83. The fourth-order valence-corrected chi connectivity index (χ4v) is 5.92. The van der Waals surface area contributed by atoms with Gasteiger partial charge in [-0.2, -0.15) is 0 Å². The molecule has 0 spiro atoms. The van der Waals surface area contributed by atoms with E-state index in [9.17, 15) is 9.90 Å². The van der Waals surface area contributed by atoms with Crippen molar-refractivity contribution in [3.63, 3.8) is 0 Å². The van der Waals surface area contributed by atoms with Crippen LogP contribution in [0.3, 0.4) is 0 Å². The lowest BCUT2D eigenvalue weighted by Crippen LogP contribution is -2.36. The van der Waals surface area contributed by atoms with Crippen molar-refractivity contribution in [3.05, 3.63) is 59.2 Å². The molecule has 2 aliphatic carbocycles. The fraction of sp³-hybridized carbons (Fsp3) is 0.409. The zero-order valence-corrected chi connectivity index (χ0v) is 14.8. The molecule has 134 valence electrons. The highest BCUT2D eigenvalue weighted by atomic mass is 16.5. The summed E-state index contributed by atoms with van der Waals surface area (Å²) in [4.78, 5) is 11.8. The maximum atomic E-state index is 11.8. The Labute approximate surface area is 153 Å². The molecule has 0 radical (unpaired) electrons. The molecule has 0 aromatic heterocycles. The van der Waals surface area contributed by atoms with E-state index in [4.69, 9.17) is 4.74 Å². The van der Waals surface area contributed by atoms with Gasteiger partial charge in [-0.15, -0.1) is 0 Å². The van der Waals surface area contributed by atoms with E-state index in [2.05, 4.69) is 17.4 Å². The number of benzene rings is 2. The quantitative estimate of drug-likeness (QED) is 0.844. The predicted octanol–water partition coefficient (Wildman–Crippen LogP) is 4.69. The Hall–Kier alpha value is -2.49. The highest BCUT2D eigenvalue weighted by molar-refractivity contribution is 5.95. The molecule has 2 aromatic carbocycles. The molecule has 2 bridgehead atoms. The average molecular weight is 349 g/mol. The van der Waals surface area contributed by atoms with Crippen LogP contribution in [0.5, 0.6) is 5.75 Å². The molecule has 5 rings (SSSR count). The van der Waals surface area contributed by atoms with Crippen LogP contribution in [-0.4, -0.2) is 18.2 Å². The lowest BCUT2D eigenvalue weighted by atomic mass is 9.67. The maximum absolute atomic E-state index is 11.8. The first-order chi connectivity index (χ1) is 12.7. The number of anilines is 1. The first kappa shape index (κ1) is 15.7. The Morgan fingerprint density at radius 1 is 1.08 bits per heavy atom. The van der Waals surface area contributed by atoms with Crippen molar-refractivity contribution in [1.82, 2.24) is 0 Å². The van der Waals surface area contributed by atoms with E-state index in [0.29, 0.717) is 29.2 Å². The molecule has 0 amide bonds. The van der Waals surface area contributed by atoms with Gasteiger partial charge in [0.15, 0.2) is 0 Å². The number of fused-ring (bicyclic) bond motifs is 7. The van der Waals surface area contributed by atoms with Gasteiger partial charge >= 0.3 is 5.97 Å².